The molecule has 0 bridgehead atoms. The van der Waals surface area contributed by atoms with E-state index in [1.54, 1.807) is 36.4 Å². The lowest BCUT2D eigenvalue weighted by molar-refractivity contribution is -0.128. The van der Waals surface area contributed by atoms with E-state index >= 15 is 0 Å². The van der Waals surface area contributed by atoms with Gasteiger partial charge >= 0.3 is 0 Å². The lowest BCUT2D eigenvalue weighted by Gasteiger charge is -2.22. The topological polar surface area (TPSA) is 72.2 Å². The molecule has 27 heavy (non-hydrogen) atoms. The summed E-state index contributed by atoms with van der Waals surface area (Å²) in [5, 5.41) is 4.56. The molecule has 0 unspecified atom stereocenters. The van der Waals surface area contributed by atoms with Crippen molar-refractivity contribution in [2.24, 2.45) is 5.73 Å². The number of rotatable bonds is 6. The Kier molecular flexibility index (Phi) is 5.92. The zero-order chi connectivity index (χ0) is 19.8. The van der Waals surface area contributed by atoms with Crippen LogP contribution in [-0.4, -0.2) is 17.9 Å². The third kappa shape index (κ3) is 4.35. The summed E-state index contributed by atoms with van der Waals surface area (Å²) >= 11 is 24.3. The fraction of sp³-hybridized carbons (Fsp3) is 0.263. The standard InChI is InChI=1S/C19H16Cl4N2O2/c20-11-2-1-10(14(22)8-11)7-16(17(24)26)25-18(27)19(5-6-19)13-4-3-12(21)9-15(13)23/h1-4,8-9,16H,5-7H2,(H2,24,26)(H,25,27)/t16-/m0/s1. The molecule has 0 radical (unpaired) electrons. The summed E-state index contributed by atoms with van der Waals surface area (Å²) in [6.45, 7) is 0. The van der Waals surface area contributed by atoms with Crippen LogP contribution in [0.2, 0.25) is 20.1 Å². The molecule has 2 aromatic rings. The molecule has 0 aromatic heterocycles. The van der Waals surface area contributed by atoms with Gasteiger partial charge in [0.15, 0.2) is 0 Å². The van der Waals surface area contributed by atoms with Gasteiger partial charge in [-0.1, -0.05) is 58.5 Å². The molecule has 1 saturated carbocycles. The van der Waals surface area contributed by atoms with Crippen LogP contribution in [0.15, 0.2) is 36.4 Å². The van der Waals surface area contributed by atoms with Crippen molar-refractivity contribution < 1.29 is 9.59 Å². The molecule has 8 heteroatoms. The van der Waals surface area contributed by atoms with Crippen molar-refractivity contribution in [1.29, 1.82) is 0 Å². The van der Waals surface area contributed by atoms with E-state index in [0.717, 1.165) is 0 Å². The van der Waals surface area contributed by atoms with Crippen LogP contribution >= 0.6 is 46.4 Å². The van der Waals surface area contributed by atoms with Crippen molar-refractivity contribution in [1.82, 2.24) is 5.32 Å². The zero-order valence-electron chi connectivity index (χ0n) is 14.1. The number of nitrogens with two attached hydrogens (primary N) is 1. The lowest BCUT2D eigenvalue weighted by Crippen LogP contribution is -2.49. The van der Waals surface area contributed by atoms with E-state index in [9.17, 15) is 9.59 Å². The SMILES string of the molecule is NC(=O)[C@H](Cc1ccc(Cl)cc1Cl)NC(=O)C1(c2ccc(Cl)cc2Cl)CC1. The number of carbonyl (C=O) groups excluding carboxylic acids is 2. The highest BCUT2D eigenvalue weighted by atomic mass is 35.5. The largest absolute Gasteiger partial charge is 0.368 e. The smallest absolute Gasteiger partial charge is 0.240 e. The van der Waals surface area contributed by atoms with Gasteiger partial charge in [0.1, 0.15) is 6.04 Å². The minimum Gasteiger partial charge on any atom is -0.368 e. The summed E-state index contributed by atoms with van der Waals surface area (Å²) in [4.78, 5) is 24.9. The highest BCUT2D eigenvalue weighted by molar-refractivity contribution is 6.35. The summed E-state index contributed by atoms with van der Waals surface area (Å²) in [5.41, 5.74) is 6.09. The second kappa shape index (κ2) is 7.88. The molecule has 0 aliphatic heterocycles. The molecular formula is C19H16Cl4N2O2. The first-order chi connectivity index (χ1) is 12.7. The number of primary amides is 1. The number of amides is 2. The van der Waals surface area contributed by atoms with Gasteiger partial charge < -0.3 is 11.1 Å². The minimum absolute atomic E-state index is 0.168. The van der Waals surface area contributed by atoms with Crippen molar-refractivity contribution in [3.63, 3.8) is 0 Å². The van der Waals surface area contributed by atoms with E-state index in [4.69, 9.17) is 52.1 Å². The maximum Gasteiger partial charge on any atom is 0.240 e. The zero-order valence-corrected chi connectivity index (χ0v) is 17.1. The third-order valence-corrected chi connectivity index (χ3v) is 5.85. The average molecular weight is 446 g/mol. The fourth-order valence-electron chi connectivity index (χ4n) is 3.05. The summed E-state index contributed by atoms with van der Waals surface area (Å²) in [6, 6.07) is 9.08. The van der Waals surface area contributed by atoms with Crippen LogP contribution in [0.5, 0.6) is 0 Å². The molecule has 142 valence electrons. The predicted molar refractivity (Wildman–Crippen MR) is 109 cm³/mol. The van der Waals surface area contributed by atoms with Crippen LogP contribution in [0.4, 0.5) is 0 Å². The molecule has 1 atom stereocenters. The molecule has 0 saturated heterocycles. The van der Waals surface area contributed by atoms with Crippen LogP contribution in [-0.2, 0) is 21.4 Å². The molecule has 3 rings (SSSR count). The van der Waals surface area contributed by atoms with Gasteiger partial charge in [0, 0.05) is 26.5 Å². The Morgan fingerprint density at radius 3 is 2.11 bits per heavy atom. The summed E-state index contributed by atoms with van der Waals surface area (Å²) in [5.74, 6) is -0.937. The number of carbonyl (C=O) groups is 2. The maximum atomic E-state index is 12.9. The first-order valence-electron chi connectivity index (χ1n) is 8.23. The molecule has 0 spiro atoms. The van der Waals surface area contributed by atoms with Crippen LogP contribution in [0, 0.1) is 0 Å². The van der Waals surface area contributed by atoms with Gasteiger partial charge in [-0.15, -0.1) is 0 Å². The third-order valence-electron chi connectivity index (χ3n) is 4.72. The Balaban J connectivity index is 1.80. The van der Waals surface area contributed by atoms with Gasteiger partial charge in [-0.3, -0.25) is 9.59 Å². The molecule has 2 amide bonds. The molecule has 2 aromatic carbocycles. The minimum atomic E-state index is -0.903. The Morgan fingerprint density at radius 2 is 1.59 bits per heavy atom. The first kappa shape index (κ1) is 20.3. The van der Waals surface area contributed by atoms with Gasteiger partial charge in [0.25, 0.3) is 0 Å². The molecule has 1 aliphatic carbocycles. The van der Waals surface area contributed by atoms with Crippen LogP contribution in [0.25, 0.3) is 0 Å². The predicted octanol–water partition coefficient (Wildman–Crippen LogP) is 4.54. The monoisotopic (exact) mass is 444 g/mol. The van der Waals surface area contributed by atoms with Gasteiger partial charge in [0.2, 0.25) is 11.8 Å². The lowest BCUT2D eigenvalue weighted by atomic mass is 9.94. The molecule has 3 N–H and O–H groups in total. The van der Waals surface area contributed by atoms with Gasteiger partial charge in [-0.05, 0) is 48.2 Å². The van der Waals surface area contributed by atoms with Crippen molar-refractivity contribution >= 4 is 58.2 Å². The Hall–Kier alpha value is -1.46. The van der Waals surface area contributed by atoms with Crippen molar-refractivity contribution in [3.05, 3.63) is 67.6 Å². The van der Waals surface area contributed by atoms with E-state index in [0.29, 0.717) is 44.1 Å². The quantitative estimate of drug-likeness (QED) is 0.684. The van der Waals surface area contributed by atoms with Crippen LogP contribution < -0.4 is 11.1 Å². The Bertz CT molecular complexity index is 913. The normalized spacial score (nSPS) is 15.9. The number of nitrogens with one attached hydrogen (secondary N) is 1. The van der Waals surface area contributed by atoms with Crippen LogP contribution in [0.1, 0.15) is 24.0 Å². The Labute approximate surface area is 176 Å². The molecule has 4 nitrogen and oxygen atoms in total. The molecule has 1 aliphatic rings. The molecule has 0 heterocycles. The first-order valence-corrected chi connectivity index (χ1v) is 9.74. The molecular weight excluding hydrogens is 430 g/mol. The Morgan fingerprint density at radius 1 is 1.00 bits per heavy atom. The summed E-state index contributed by atoms with van der Waals surface area (Å²) < 4.78 is 0. The second-order valence-corrected chi connectivity index (χ2v) is 8.26. The average Bonchev–Trinajstić information content (AvgIpc) is 3.37. The second-order valence-electron chi connectivity index (χ2n) is 6.57. The highest BCUT2D eigenvalue weighted by Crippen LogP contribution is 2.51. The van der Waals surface area contributed by atoms with Gasteiger partial charge in [0.05, 0.1) is 5.41 Å². The number of benzene rings is 2. The van der Waals surface area contributed by atoms with Crippen molar-refractivity contribution in [3.8, 4) is 0 Å². The fourth-order valence-corrected chi connectivity index (χ4v) is 4.12. The van der Waals surface area contributed by atoms with Crippen molar-refractivity contribution in [2.45, 2.75) is 30.7 Å². The van der Waals surface area contributed by atoms with E-state index in [1.807, 2.05) is 0 Å². The maximum absolute atomic E-state index is 12.9. The number of hydrogen-bond acceptors (Lipinski definition) is 2. The van der Waals surface area contributed by atoms with E-state index in [-0.39, 0.29) is 12.3 Å². The van der Waals surface area contributed by atoms with Gasteiger partial charge in [-0.2, -0.15) is 0 Å². The number of halogens is 4. The van der Waals surface area contributed by atoms with Crippen molar-refractivity contribution in [2.75, 3.05) is 0 Å². The van der Waals surface area contributed by atoms with Crippen LogP contribution in [0.3, 0.4) is 0 Å². The molecule has 1 fully saturated rings. The number of hydrogen-bond donors (Lipinski definition) is 2. The van der Waals surface area contributed by atoms with E-state index in [1.165, 1.54) is 0 Å². The van der Waals surface area contributed by atoms with E-state index < -0.39 is 17.4 Å². The van der Waals surface area contributed by atoms with E-state index in [2.05, 4.69) is 5.32 Å². The highest BCUT2D eigenvalue weighted by Gasteiger charge is 2.53. The summed E-state index contributed by atoms with van der Waals surface area (Å²) in [6.07, 6.45) is 1.43. The van der Waals surface area contributed by atoms with Gasteiger partial charge in [-0.25, -0.2) is 0 Å². The summed E-state index contributed by atoms with van der Waals surface area (Å²) in [7, 11) is 0.